The van der Waals surface area contributed by atoms with Gasteiger partial charge in [-0.25, -0.2) is 8.42 Å². The van der Waals surface area contributed by atoms with Gasteiger partial charge in [-0.1, -0.05) is 30.3 Å². The first-order chi connectivity index (χ1) is 14.9. The minimum absolute atomic E-state index is 0.0263. The summed E-state index contributed by atoms with van der Waals surface area (Å²) in [6.07, 6.45) is 1.82. The van der Waals surface area contributed by atoms with Gasteiger partial charge in [-0.05, 0) is 30.5 Å². The molecule has 1 amide bonds. The van der Waals surface area contributed by atoms with Crippen LogP contribution in [0.15, 0.2) is 53.4 Å². The van der Waals surface area contributed by atoms with Crippen molar-refractivity contribution in [3.63, 3.8) is 0 Å². The van der Waals surface area contributed by atoms with Gasteiger partial charge in [-0.15, -0.1) is 0 Å². The van der Waals surface area contributed by atoms with Gasteiger partial charge in [0.15, 0.2) is 0 Å². The number of hydrogen-bond acceptors (Lipinski definition) is 6. The molecule has 1 heterocycles. The summed E-state index contributed by atoms with van der Waals surface area (Å²) in [5, 5.41) is 2.79. The number of amides is 1. The molecule has 31 heavy (non-hydrogen) atoms. The number of benzene rings is 2. The fourth-order valence-electron chi connectivity index (χ4n) is 3.39. The first kappa shape index (κ1) is 23.1. The first-order valence-corrected chi connectivity index (χ1v) is 11.5. The molecular formula is C22H28N2O6S. The van der Waals surface area contributed by atoms with Crippen molar-refractivity contribution < 1.29 is 27.4 Å². The maximum atomic E-state index is 13.6. The van der Waals surface area contributed by atoms with Gasteiger partial charge in [0.25, 0.3) is 0 Å². The number of ether oxygens (including phenoxy) is 3. The van der Waals surface area contributed by atoms with Crippen LogP contribution in [-0.2, 0) is 26.1 Å². The molecule has 8 nitrogen and oxygen atoms in total. The van der Waals surface area contributed by atoms with E-state index < -0.39 is 15.9 Å². The lowest BCUT2D eigenvalue weighted by Crippen LogP contribution is -2.42. The molecule has 0 radical (unpaired) electrons. The maximum Gasteiger partial charge on any atom is 0.247 e. The third-order valence-corrected chi connectivity index (χ3v) is 6.87. The normalized spacial score (nSPS) is 16.3. The van der Waals surface area contributed by atoms with Gasteiger partial charge in [0.05, 0.1) is 26.9 Å². The van der Waals surface area contributed by atoms with Crippen molar-refractivity contribution in [1.82, 2.24) is 9.62 Å². The van der Waals surface area contributed by atoms with E-state index in [2.05, 4.69) is 5.32 Å². The van der Waals surface area contributed by atoms with E-state index in [9.17, 15) is 13.2 Å². The van der Waals surface area contributed by atoms with E-state index in [-0.39, 0.29) is 29.8 Å². The monoisotopic (exact) mass is 448 g/mol. The molecule has 0 aromatic heterocycles. The van der Waals surface area contributed by atoms with Crippen molar-refractivity contribution in [2.45, 2.75) is 30.4 Å². The summed E-state index contributed by atoms with van der Waals surface area (Å²) in [6.45, 7) is 0.756. The van der Waals surface area contributed by atoms with Crippen LogP contribution in [0.2, 0.25) is 0 Å². The molecule has 1 aliphatic rings. The molecule has 168 valence electrons. The molecule has 2 aromatic carbocycles. The van der Waals surface area contributed by atoms with Crippen LogP contribution in [0.1, 0.15) is 18.4 Å². The fraction of sp³-hybridized carbons (Fsp3) is 0.409. The summed E-state index contributed by atoms with van der Waals surface area (Å²) < 4.78 is 44.3. The predicted octanol–water partition coefficient (Wildman–Crippen LogP) is 2.19. The minimum atomic E-state index is -4.07. The molecule has 9 heteroatoms. The zero-order valence-corrected chi connectivity index (χ0v) is 18.6. The van der Waals surface area contributed by atoms with Crippen LogP contribution in [-0.4, -0.2) is 58.7 Å². The van der Waals surface area contributed by atoms with Gasteiger partial charge in [-0.3, -0.25) is 4.79 Å². The summed E-state index contributed by atoms with van der Waals surface area (Å²) in [5.41, 5.74) is 0.764. The highest BCUT2D eigenvalue weighted by Gasteiger charge is 2.30. The predicted molar refractivity (Wildman–Crippen MR) is 116 cm³/mol. The molecule has 0 spiro atoms. The highest BCUT2D eigenvalue weighted by molar-refractivity contribution is 7.89. The van der Waals surface area contributed by atoms with Gasteiger partial charge in [0, 0.05) is 25.8 Å². The highest BCUT2D eigenvalue weighted by Crippen LogP contribution is 2.31. The Kier molecular flexibility index (Phi) is 7.89. The molecule has 0 bridgehead atoms. The van der Waals surface area contributed by atoms with Crippen LogP contribution >= 0.6 is 0 Å². The second-order valence-electron chi connectivity index (χ2n) is 7.21. The Morgan fingerprint density at radius 3 is 2.58 bits per heavy atom. The van der Waals surface area contributed by atoms with Crippen molar-refractivity contribution in [2.24, 2.45) is 0 Å². The van der Waals surface area contributed by atoms with E-state index >= 15 is 0 Å². The van der Waals surface area contributed by atoms with E-state index in [1.54, 1.807) is 6.07 Å². The largest absolute Gasteiger partial charge is 0.497 e. The molecule has 1 unspecified atom stereocenters. The Hall–Kier alpha value is -2.62. The molecule has 1 saturated heterocycles. The Labute approximate surface area is 183 Å². The quantitative estimate of drug-likeness (QED) is 0.599. The molecule has 1 fully saturated rings. The van der Waals surface area contributed by atoms with E-state index in [0.29, 0.717) is 18.9 Å². The maximum absolute atomic E-state index is 13.6. The second-order valence-corrected chi connectivity index (χ2v) is 9.12. The average Bonchev–Trinajstić information content (AvgIpc) is 3.31. The Morgan fingerprint density at radius 2 is 1.94 bits per heavy atom. The van der Waals surface area contributed by atoms with Crippen molar-refractivity contribution in [3.8, 4) is 11.5 Å². The number of methoxy groups -OCH3 is 2. The summed E-state index contributed by atoms with van der Waals surface area (Å²) in [5.74, 6) is 0.164. The lowest BCUT2D eigenvalue weighted by molar-refractivity contribution is -0.121. The van der Waals surface area contributed by atoms with Gasteiger partial charge in [0.1, 0.15) is 16.4 Å². The van der Waals surface area contributed by atoms with Crippen molar-refractivity contribution >= 4 is 15.9 Å². The average molecular weight is 449 g/mol. The fourth-order valence-corrected chi connectivity index (χ4v) is 4.94. The lowest BCUT2D eigenvalue weighted by Gasteiger charge is -2.23. The van der Waals surface area contributed by atoms with E-state index in [4.69, 9.17) is 14.2 Å². The number of nitrogens with one attached hydrogen (secondary N) is 1. The summed E-state index contributed by atoms with van der Waals surface area (Å²) in [7, 11) is -1.21. The number of nitrogens with zero attached hydrogens (tertiary/aromatic N) is 1. The molecule has 3 rings (SSSR count). The van der Waals surface area contributed by atoms with E-state index in [1.807, 2.05) is 30.3 Å². The van der Waals surface area contributed by atoms with E-state index in [1.165, 1.54) is 26.4 Å². The number of rotatable bonds is 10. The first-order valence-electron chi connectivity index (χ1n) is 10.1. The minimum Gasteiger partial charge on any atom is -0.497 e. The van der Waals surface area contributed by atoms with Gasteiger partial charge in [-0.2, -0.15) is 4.31 Å². The summed E-state index contributed by atoms with van der Waals surface area (Å²) in [4.78, 5) is 12.6. The molecule has 0 saturated carbocycles. The number of carbonyl (C=O) groups is 1. The van der Waals surface area contributed by atoms with Crippen LogP contribution in [0.25, 0.3) is 0 Å². The standard InChI is InChI=1S/C22H28N2O6S/c1-28-18-10-11-20(29-2)21(13-18)31(26,27)24(15-17-7-4-3-5-8-17)16-22(25)23-14-19-9-6-12-30-19/h3-5,7-8,10-11,13,19H,6,9,12,14-16H2,1-2H3,(H,23,25). The second kappa shape index (κ2) is 10.6. The van der Waals surface area contributed by atoms with Crippen LogP contribution in [0, 0.1) is 0 Å². The summed E-state index contributed by atoms with van der Waals surface area (Å²) >= 11 is 0. The van der Waals surface area contributed by atoms with Crippen molar-refractivity contribution in [1.29, 1.82) is 0 Å². The highest BCUT2D eigenvalue weighted by atomic mass is 32.2. The lowest BCUT2D eigenvalue weighted by atomic mass is 10.2. The van der Waals surface area contributed by atoms with Crippen LogP contribution in [0.4, 0.5) is 0 Å². The van der Waals surface area contributed by atoms with Crippen LogP contribution < -0.4 is 14.8 Å². The Morgan fingerprint density at radius 1 is 1.16 bits per heavy atom. The number of carbonyl (C=O) groups excluding carboxylic acids is 1. The van der Waals surface area contributed by atoms with Gasteiger partial charge < -0.3 is 19.5 Å². The Bertz CT molecular complexity index is 975. The third kappa shape index (κ3) is 5.96. The van der Waals surface area contributed by atoms with Gasteiger partial charge in [0.2, 0.25) is 15.9 Å². The zero-order chi connectivity index (χ0) is 22.3. The van der Waals surface area contributed by atoms with Crippen molar-refractivity contribution in [3.05, 3.63) is 54.1 Å². The molecule has 0 aliphatic carbocycles. The van der Waals surface area contributed by atoms with Crippen molar-refractivity contribution in [2.75, 3.05) is 33.9 Å². The smallest absolute Gasteiger partial charge is 0.247 e. The Balaban J connectivity index is 1.86. The van der Waals surface area contributed by atoms with Crippen LogP contribution in [0.3, 0.4) is 0 Å². The SMILES string of the molecule is COc1ccc(OC)c(S(=O)(=O)N(CC(=O)NCC2CCCO2)Cc2ccccc2)c1. The third-order valence-electron chi connectivity index (χ3n) is 5.06. The molecule has 1 atom stereocenters. The molecule has 1 N–H and O–H groups in total. The molecular weight excluding hydrogens is 420 g/mol. The van der Waals surface area contributed by atoms with Gasteiger partial charge >= 0.3 is 0 Å². The number of sulfonamides is 1. The number of hydrogen-bond donors (Lipinski definition) is 1. The van der Waals surface area contributed by atoms with E-state index in [0.717, 1.165) is 22.7 Å². The topological polar surface area (TPSA) is 94.2 Å². The summed E-state index contributed by atoms with van der Waals surface area (Å²) in [6, 6.07) is 13.7. The molecule has 2 aromatic rings. The zero-order valence-electron chi connectivity index (χ0n) is 17.7. The van der Waals surface area contributed by atoms with Crippen LogP contribution in [0.5, 0.6) is 11.5 Å². The molecule has 1 aliphatic heterocycles.